The van der Waals surface area contributed by atoms with Crippen molar-refractivity contribution in [2.75, 3.05) is 19.8 Å². The number of rotatable bonds is 6. The van der Waals surface area contributed by atoms with E-state index in [0.717, 1.165) is 0 Å². The van der Waals surface area contributed by atoms with E-state index in [1.165, 1.54) is 18.2 Å². The summed E-state index contributed by atoms with van der Waals surface area (Å²) in [5.74, 6) is -0.0398. The summed E-state index contributed by atoms with van der Waals surface area (Å²) in [4.78, 5) is 11.6. The fraction of sp³-hybridized carbons (Fsp3) is 0.462. The Hall–Kier alpha value is -1.92. The molecule has 1 rings (SSSR count). The Morgan fingerprint density at radius 1 is 1.15 bits per heavy atom. The van der Waals surface area contributed by atoms with Crippen LogP contribution in [0.2, 0.25) is 0 Å². The lowest BCUT2D eigenvalue weighted by molar-refractivity contribution is -0.123. The first-order chi connectivity index (χ1) is 9.37. The summed E-state index contributed by atoms with van der Waals surface area (Å²) in [6.45, 7) is 2.95. The molecule has 20 heavy (non-hydrogen) atoms. The van der Waals surface area contributed by atoms with Crippen LogP contribution in [-0.2, 0) is 0 Å². The van der Waals surface area contributed by atoms with Crippen molar-refractivity contribution < 1.29 is 27.4 Å². The monoisotopic (exact) mass is 291 g/mol. The second-order valence-electron chi connectivity index (χ2n) is 3.83. The zero-order valence-corrected chi connectivity index (χ0v) is 11.2. The number of nitrogens with one attached hydrogen (secondary N) is 1. The molecule has 0 atom stereocenters. The van der Waals surface area contributed by atoms with Gasteiger partial charge < -0.3 is 14.8 Å². The van der Waals surface area contributed by atoms with Gasteiger partial charge in [-0.05, 0) is 32.0 Å². The third-order valence-corrected chi connectivity index (χ3v) is 2.25. The zero-order valence-electron chi connectivity index (χ0n) is 11.2. The standard InChI is InChI=1S/C13H16F3NO3/c1-3-19-10-6-5-9(7-11(10)20-4-2)12(18)17-8-13(14,15)16/h5-7H,3-4,8H2,1-2H3,(H,17,18). The van der Waals surface area contributed by atoms with Gasteiger partial charge in [0.15, 0.2) is 11.5 Å². The lowest BCUT2D eigenvalue weighted by Crippen LogP contribution is -2.33. The highest BCUT2D eigenvalue weighted by atomic mass is 19.4. The molecule has 0 saturated carbocycles. The van der Waals surface area contributed by atoms with E-state index in [4.69, 9.17) is 9.47 Å². The molecule has 1 aromatic carbocycles. The molecule has 0 aliphatic rings. The predicted octanol–water partition coefficient (Wildman–Crippen LogP) is 2.78. The van der Waals surface area contributed by atoms with Crippen molar-refractivity contribution in [2.24, 2.45) is 0 Å². The Labute approximate surface area is 114 Å². The highest BCUT2D eigenvalue weighted by Gasteiger charge is 2.28. The number of benzene rings is 1. The van der Waals surface area contributed by atoms with Crippen LogP contribution in [0.3, 0.4) is 0 Å². The first-order valence-corrected chi connectivity index (χ1v) is 6.12. The van der Waals surface area contributed by atoms with Crippen molar-refractivity contribution in [2.45, 2.75) is 20.0 Å². The van der Waals surface area contributed by atoms with E-state index in [1.807, 2.05) is 0 Å². The van der Waals surface area contributed by atoms with Crippen LogP contribution < -0.4 is 14.8 Å². The molecule has 4 nitrogen and oxygen atoms in total. The summed E-state index contributed by atoms with van der Waals surface area (Å²) in [6, 6.07) is 4.25. The van der Waals surface area contributed by atoms with Crippen LogP contribution >= 0.6 is 0 Å². The molecule has 112 valence electrons. The SMILES string of the molecule is CCOc1ccc(C(=O)NCC(F)(F)F)cc1OCC. The Balaban J connectivity index is 2.85. The third-order valence-electron chi connectivity index (χ3n) is 2.25. The number of ether oxygens (including phenoxy) is 2. The van der Waals surface area contributed by atoms with Gasteiger partial charge in [0.25, 0.3) is 5.91 Å². The first-order valence-electron chi connectivity index (χ1n) is 6.12. The van der Waals surface area contributed by atoms with Gasteiger partial charge in [-0.25, -0.2) is 0 Å². The fourth-order valence-corrected chi connectivity index (χ4v) is 1.47. The van der Waals surface area contributed by atoms with Gasteiger partial charge in [-0.2, -0.15) is 13.2 Å². The molecule has 7 heteroatoms. The van der Waals surface area contributed by atoms with Gasteiger partial charge in [-0.1, -0.05) is 0 Å². The molecule has 0 aliphatic carbocycles. The maximum absolute atomic E-state index is 12.0. The molecule has 1 N–H and O–H groups in total. The molecule has 1 aromatic rings. The second-order valence-corrected chi connectivity index (χ2v) is 3.83. The number of halogens is 3. The molecule has 0 bridgehead atoms. The van der Waals surface area contributed by atoms with Gasteiger partial charge in [0.2, 0.25) is 0 Å². The average Bonchev–Trinajstić information content (AvgIpc) is 2.37. The molecule has 0 spiro atoms. The molecule has 0 radical (unpaired) electrons. The van der Waals surface area contributed by atoms with Crippen LogP contribution in [-0.4, -0.2) is 31.8 Å². The summed E-state index contributed by atoms with van der Waals surface area (Å²) in [5, 5.41) is 1.80. The van der Waals surface area contributed by atoms with Crippen molar-refractivity contribution >= 4 is 5.91 Å². The maximum atomic E-state index is 12.0. The predicted molar refractivity (Wildman–Crippen MR) is 67.2 cm³/mol. The first kappa shape index (κ1) is 16.1. The Kier molecular flexibility index (Phi) is 5.66. The summed E-state index contributed by atoms with van der Waals surface area (Å²) in [7, 11) is 0. The highest BCUT2D eigenvalue weighted by Crippen LogP contribution is 2.28. The van der Waals surface area contributed by atoms with E-state index < -0.39 is 18.6 Å². The maximum Gasteiger partial charge on any atom is 0.405 e. The molecule has 0 heterocycles. The summed E-state index contributed by atoms with van der Waals surface area (Å²) < 4.78 is 46.7. The van der Waals surface area contributed by atoms with E-state index in [-0.39, 0.29) is 5.56 Å². The van der Waals surface area contributed by atoms with Crippen LogP contribution in [0.25, 0.3) is 0 Å². The largest absolute Gasteiger partial charge is 0.490 e. The number of carbonyl (C=O) groups is 1. The molecule has 1 amide bonds. The second kappa shape index (κ2) is 7.02. The van der Waals surface area contributed by atoms with Gasteiger partial charge in [-0.15, -0.1) is 0 Å². The van der Waals surface area contributed by atoms with Crippen molar-refractivity contribution in [1.29, 1.82) is 0 Å². The van der Waals surface area contributed by atoms with E-state index in [2.05, 4.69) is 0 Å². The van der Waals surface area contributed by atoms with Gasteiger partial charge in [-0.3, -0.25) is 4.79 Å². The smallest absolute Gasteiger partial charge is 0.405 e. The molecule has 0 aromatic heterocycles. The Morgan fingerprint density at radius 3 is 2.30 bits per heavy atom. The summed E-state index contributed by atoms with van der Waals surface area (Å²) in [6.07, 6.45) is -4.44. The van der Waals surface area contributed by atoms with Crippen molar-refractivity contribution in [3.63, 3.8) is 0 Å². The molecule has 0 unspecified atom stereocenters. The molecular formula is C13H16F3NO3. The van der Waals surface area contributed by atoms with Crippen molar-refractivity contribution in [3.8, 4) is 11.5 Å². The Morgan fingerprint density at radius 2 is 1.75 bits per heavy atom. The molecule has 0 saturated heterocycles. The minimum absolute atomic E-state index is 0.0844. The third kappa shape index (κ3) is 4.99. The van der Waals surface area contributed by atoms with Crippen molar-refractivity contribution in [1.82, 2.24) is 5.32 Å². The number of hydrogen-bond donors (Lipinski definition) is 1. The van der Waals surface area contributed by atoms with Crippen LogP contribution in [0.1, 0.15) is 24.2 Å². The minimum atomic E-state index is -4.44. The van der Waals surface area contributed by atoms with Crippen LogP contribution in [0.4, 0.5) is 13.2 Å². The van der Waals surface area contributed by atoms with Gasteiger partial charge >= 0.3 is 6.18 Å². The molecule has 0 fully saturated rings. The number of amides is 1. The lowest BCUT2D eigenvalue weighted by Gasteiger charge is -2.13. The quantitative estimate of drug-likeness (QED) is 0.876. The summed E-state index contributed by atoms with van der Waals surface area (Å²) in [5.41, 5.74) is 0.0844. The van der Waals surface area contributed by atoms with E-state index in [9.17, 15) is 18.0 Å². The Bertz CT molecular complexity index is 461. The van der Waals surface area contributed by atoms with E-state index in [1.54, 1.807) is 19.2 Å². The van der Waals surface area contributed by atoms with E-state index in [0.29, 0.717) is 24.7 Å². The van der Waals surface area contributed by atoms with Crippen LogP contribution in [0, 0.1) is 0 Å². The normalized spacial score (nSPS) is 11.1. The lowest BCUT2D eigenvalue weighted by atomic mass is 10.2. The number of hydrogen-bond acceptors (Lipinski definition) is 3. The van der Waals surface area contributed by atoms with Crippen LogP contribution in [0.15, 0.2) is 18.2 Å². The number of carbonyl (C=O) groups excluding carboxylic acids is 1. The van der Waals surface area contributed by atoms with Crippen LogP contribution in [0.5, 0.6) is 11.5 Å². The average molecular weight is 291 g/mol. The fourth-order valence-electron chi connectivity index (χ4n) is 1.47. The molecular weight excluding hydrogens is 275 g/mol. The number of alkyl halides is 3. The van der Waals surface area contributed by atoms with Gasteiger partial charge in [0.1, 0.15) is 6.54 Å². The minimum Gasteiger partial charge on any atom is -0.490 e. The highest BCUT2D eigenvalue weighted by molar-refractivity contribution is 5.94. The molecule has 0 aliphatic heterocycles. The zero-order chi connectivity index (χ0) is 15.2. The van der Waals surface area contributed by atoms with E-state index >= 15 is 0 Å². The topological polar surface area (TPSA) is 47.6 Å². The van der Waals surface area contributed by atoms with Gasteiger partial charge in [0, 0.05) is 5.56 Å². The van der Waals surface area contributed by atoms with Gasteiger partial charge in [0.05, 0.1) is 13.2 Å². The van der Waals surface area contributed by atoms with Crippen molar-refractivity contribution in [3.05, 3.63) is 23.8 Å². The summed E-state index contributed by atoms with van der Waals surface area (Å²) >= 11 is 0.